The van der Waals surface area contributed by atoms with Crippen LogP contribution in [0, 0.1) is 24.4 Å². The van der Waals surface area contributed by atoms with Crippen LogP contribution >= 0.6 is 11.3 Å². The molecule has 0 saturated heterocycles. The highest BCUT2D eigenvalue weighted by Gasteiger charge is 2.20. The summed E-state index contributed by atoms with van der Waals surface area (Å²) in [5.41, 5.74) is 4.72. The second-order valence-electron chi connectivity index (χ2n) is 5.42. The van der Waals surface area contributed by atoms with E-state index in [1.807, 2.05) is 0 Å². The molecular weight excluding hydrogens is 381 g/mol. The number of aromatic nitrogens is 2. The summed E-state index contributed by atoms with van der Waals surface area (Å²) in [6.07, 6.45) is 1.15. The Morgan fingerprint density at radius 3 is 2.37 bits per heavy atom. The van der Waals surface area contributed by atoms with Crippen molar-refractivity contribution in [2.24, 2.45) is 5.73 Å². The van der Waals surface area contributed by atoms with Crippen LogP contribution in [0.3, 0.4) is 0 Å². The zero-order chi connectivity index (χ0) is 19.7. The fourth-order valence-electron chi connectivity index (χ4n) is 2.29. The molecule has 0 aliphatic carbocycles. The molecule has 2 amide bonds. The molecule has 0 saturated carbocycles. The van der Waals surface area contributed by atoms with E-state index in [-0.39, 0.29) is 22.1 Å². The molecule has 0 radical (unpaired) electrons. The lowest BCUT2D eigenvalue weighted by molar-refractivity contribution is 0.0993. The number of nitrogens with two attached hydrogens (primary N) is 1. The highest BCUT2D eigenvalue weighted by atomic mass is 32.1. The quantitative estimate of drug-likeness (QED) is 0.712. The molecule has 138 valence electrons. The fraction of sp³-hybridized carbons (Fsp3) is 0.0588. The number of pyridine rings is 1. The third-order valence-corrected chi connectivity index (χ3v) is 4.43. The van der Waals surface area contributed by atoms with Gasteiger partial charge in [-0.25, -0.2) is 18.2 Å². The normalized spacial score (nSPS) is 10.7. The summed E-state index contributed by atoms with van der Waals surface area (Å²) in [4.78, 5) is 31.5. The molecule has 1 aromatic carbocycles. The second kappa shape index (κ2) is 7.16. The summed E-state index contributed by atoms with van der Waals surface area (Å²) in [6.45, 7) is 1.56. The maximum absolute atomic E-state index is 14.0. The summed E-state index contributed by atoms with van der Waals surface area (Å²) in [5, 5.41) is 2.54. The number of aryl methyl sites for hydroxylation is 1. The van der Waals surface area contributed by atoms with Crippen LogP contribution in [0.25, 0.3) is 11.3 Å². The van der Waals surface area contributed by atoms with Crippen molar-refractivity contribution in [3.63, 3.8) is 0 Å². The van der Waals surface area contributed by atoms with Gasteiger partial charge in [-0.15, -0.1) is 11.3 Å². The van der Waals surface area contributed by atoms with Gasteiger partial charge in [0.2, 0.25) is 5.91 Å². The van der Waals surface area contributed by atoms with Crippen molar-refractivity contribution in [2.75, 3.05) is 5.32 Å². The molecule has 3 aromatic rings. The van der Waals surface area contributed by atoms with Gasteiger partial charge >= 0.3 is 0 Å². The van der Waals surface area contributed by atoms with E-state index >= 15 is 0 Å². The van der Waals surface area contributed by atoms with Crippen molar-refractivity contribution < 1.29 is 22.8 Å². The van der Waals surface area contributed by atoms with Gasteiger partial charge in [0.1, 0.15) is 23.1 Å². The predicted molar refractivity (Wildman–Crippen MR) is 92.9 cm³/mol. The van der Waals surface area contributed by atoms with Gasteiger partial charge in [-0.05, 0) is 19.1 Å². The summed E-state index contributed by atoms with van der Waals surface area (Å²) < 4.78 is 41.0. The van der Waals surface area contributed by atoms with Crippen LogP contribution in [-0.4, -0.2) is 21.8 Å². The van der Waals surface area contributed by atoms with Crippen LogP contribution in [0.1, 0.15) is 25.7 Å². The number of carbonyl (C=O) groups excluding carboxylic acids is 2. The van der Waals surface area contributed by atoms with Crippen molar-refractivity contribution >= 4 is 28.3 Å². The van der Waals surface area contributed by atoms with Crippen molar-refractivity contribution in [3.05, 3.63) is 64.0 Å². The van der Waals surface area contributed by atoms with Crippen LogP contribution in [0.2, 0.25) is 0 Å². The first-order chi connectivity index (χ1) is 12.8. The first-order valence-electron chi connectivity index (χ1n) is 7.46. The molecule has 10 heteroatoms. The average molecular weight is 392 g/mol. The van der Waals surface area contributed by atoms with Gasteiger partial charge in [-0.2, -0.15) is 0 Å². The van der Waals surface area contributed by atoms with Crippen molar-refractivity contribution in [1.29, 1.82) is 0 Å². The molecule has 0 atom stereocenters. The Bertz CT molecular complexity index is 1030. The van der Waals surface area contributed by atoms with E-state index in [9.17, 15) is 22.8 Å². The lowest BCUT2D eigenvalue weighted by atomic mass is 10.1. The molecule has 0 spiro atoms. The maximum Gasteiger partial charge on any atom is 0.276 e. The molecule has 0 fully saturated rings. The minimum atomic E-state index is -1.09. The molecule has 3 rings (SSSR count). The van der Waals surface area contributed by atoms with Crippen molar-refractivity contribution in [2.45, 2.75) is 6.92 Å². The number of hydrogen-bond donors (Lipinski definition) is 2. The Morgan fingerprint density at radius 2 is 1.81 bits per heavy atom. The van der Waals surface area contributed by atoms with Crippen molar-refractivity contribution in [1.82, 2.24) is 9.97 Å². The third-order valence-electron chi connectivity index (χ3n) is 3.54. The summed E-state index contributed by atoms with van der Waals surface area (Å²) in [7, 11) is 0. The van der Waals surface area contributed by atoms with Gasteiger partial charge in [-0.3, -0.25) is 19.9 Å². The monoisotopic (exact) mass is 392 g/mol. The topological polar surface area (TPSA) is 98.0 Å². The van der Waals surface area contributed by atoms with Gasteiger partial charge in [-0.1, -0.05) is 0 Å². The number of nitrogens with zero attached hydrogens (tertiary/aromatic N) is 2. The molecule has 0 unspecified atom stereocenters. The third kappa shape index (κ3) is 3.80. The van der Waals surface area contributed by atoms with Crippen LogP contribution in [0.5, 0.6) is 0 Å². The number of anilines is 1. The number of carbonyl (C=O) groups is 2. The van der Waals surface area contributed by atoms with Crippen LogP contribution in [0.4, 0.5) is 18.3 Å². The predicted octanol–water partition coefficient (Wildman–Crippen LogP) is 3.28. The van der Waals surface area contributed by atoms with Crippen LogP contribution in [0.15, 0.2) is 30.5 Å². The minimum absolute atomic E-state index is 0.00598. The van der Waals surface area contributed by atoms with Gasteiger partial charge in [0.05, 0.1) is 16.8 Å². The number of nitrogens with one attached hydrogen (secondary N) is 1. The standard InChI is InChI=1S/C17H11F3N4O2S/c1-7-14(13-10(19)4-9(18)5-11(13)20)23-17(27-7)24-16(26)12-3-2-8(6-22-12)15(21)25/h2-6H,1H3,(H2,21,25)(H,23,24,26). The van der Waals surface area contributed by atoms with E-state index in [0.717, 1.165) is 17.5 Å². The molecule has 0 bridgehead atoms. The van der Waals surface area contributed by atoms with E-state index < -0.39 is 34.8 Å². The number of amides is 2. The number of rotatable bonds is 4. The highest BCUT2D eigenvalue weighted by Crippen LogP contribution is 2.34. The molecule has 3 N–H and O–H groups in total. The lowest BCUT2D eigenvalue weighted by Crippen LogP contribution is -2.15. The smallest absolute Gasteiger partial charge is 0.276 e. The minimum Gasteiger partial charge on any atom is -0.366 e. The molecule has 0 aliphatic heterocycles. The Balaban J connectivity index is 1.87. The number of benzene rings is 1. The second-order valence-corrected chi connectivity index (χ2v) is 6.62. The Hall–Kier alpha value is -3.27. The summed E-state index contributed by atoms with van der Waals surface area (Å²) in [5.74, 6) is -4.55. The van der Waals surface area contributed by atoms with E-state index in [1.165, 1.54) is 12.1 Å². The van der Waals surface area contributed by atoms with Crippen LogP contribution in [-0.2, 0) is 0 Å². The number of thiazole rings is 1. The Morgan fingerprint density at radius 1 is 1.15 bits per heavy atom. The van der Waals surface area contributed by atoms with E-state index in [2.05, 4.69) is 15.3 Å². The lowest BCUT2D eigenvalue weighted by Gasteiger charge is -2.03. The molecule has 2 heterocycles. The number of halogens is 3. The fourth-order valence-corrected chi connectivity index (χ4v) is 3.10. The average Bonchev–Trinajstić information content (AvgIpc) is 2.94. The largest absolute Gasteiger partial charge is 0.366 e. The molecule has 27 heavy (non-hydrogen) atoms. The van der Waals surface area contributed by atoms with Gasteiger partial charge < -0.3 is 5.73 Å². The van der Waals surface area contributed by atoms with E-state index in [4.69, 9.17) is 5.73 Å². The first-order valence-corrected chi connectivity index (χ1v) is 8.27. The van der Waals surface area contributed by atoms with Gasteiger partial charge in [0, 0.05) is 23.2 Å². The molecule has 0 aliphatic rings. The highest BCUT2D eigenvalue weighted by molar-refractivity contribution is 7.16. The van der Waals surface area contributed by atoms with Gasteiger partial charge in [0.15, 0.2) is 5.13 Å². The molecule has 2 aromatic heterocycles. The number of hydrogen-bond acceptors (Lipinski definition) is 5. The SMILES string of the molecule is Cc1sc(NC(=O)c2ccc(C(N)=O)cn2)nc1-c1c(F)cc(F)cc1F. The summed E-state index contributed by atoms with van der Waals surface area (Å²) in [6, 6.07) is 3.75. The van der Waals surface area contributed by atoms with Crippen LogP contribution < -0.4 is 11.1 Å². The Labute approximate surface area is 154 Å². The Kier molecular flexibility index (Phi) is 4.91. The van der Waals surface area contributed by atoms with Gasteiger partial charge in [0.25, 0.3) is 5.91 Å². The zero-order valence-electron chi connectivity index (χ0n) is 13.7. The zero-order valence-corrected chi connectivity index (χ0v) is 14.5. The van der Waals surface area contributed by atoms with Crippen molar-refractivity contribution in [3.8, 4) is 11.3 Å². The first kappa shape index (κ1) is 18.5. The van der Waals surface area contributed by atoms with E-state index in [1.54, 1.807) is 6.92 Å². The molecular formula is C17H11F3N4O2S. The summed E-state index contributed by atoms with van der Waals surface area (Å²) >= 11 is 0.990. The van der Waals surface area contributed by atoms with E-state index in [0.29, 0.717) is 17.0 Å². The molecule has 6 nitrogen and oxygen atoms in total. The number of primary amides is 1. The maximum atomic E-state index is 14.0.